The predicted molar refractivity (Wildman–Crippen MR) is 84.1 cm³/mol. The van der Waals surface area contributed by atoms with Crippen molar-refractivity contribution in [3.8, 4) is 0 Å². The number of nitrogens with one attached hydrogen (secondary N) is 1. The lowest BCUT2D eigenvalue weighted by atomic mass is 9.90. The Hall–Kier alpha value is -1.49. The molecule has 0 radical (unpaired) electrons. The summed E-state index contributed by atoms with van der Waals surface area (Å²) in [6, 6.07) is 5.47. The third kappa shape index (κ3) is 3.54. The molecule has 1 aromatic heterocycles. The summed E-state index contributed by atoms with van der Waals surface area (Å²) < 4.78 is 0. The molecule has 0 saturated carbocycles. The Kier molecular flexibility index (Phi) is 4.70. The molecule has 20 heavy (non-hydrogen) atoms. The van der Waals surface area contributed by atoms with Gasteiger partial charge in [-0.3, -0.25) is 14.8 Å². The summed E-state index contributed by atoms with van der Waals surface area (Å²) in [6.07, 6.45) is 4.24. The van der Waals surface area contributed by atoms with E-state index in [-0.39, 0.29) is 11.3 Å². The Balaban J connectivity index is 2.16. The molecule has 5 heteroatoms. The average Bonchev–Trinajstić information content (AvgIpc) is 2.44. The van der Waals surface area contributed by atoms with E-state index in [0.29, 0.717) is 17.6 Å². The molecule has 0 aliphatic heterocycles. The van der Waals surface area contributed by atoms with Gasteiger partial charge in [-0.25, -0.2) is 0 Å². The van der Waals surface area contributed by atoms with Gasteiger partial charge in [0, 0.05) is 24.3 Å². The summed E-state index contributed by atoms with van der Waals surface area (Å²) in [5.74, 6) is -0.0984. The monoisotopic (exact) mass is 335 g/mol. The quantitative estimate of drug-likeness (QED) is 0.854. The number of carbonyl (C=O) groups excluding carboxylic acids is 1. The van der Waals surface area contributed by atoms with E-state index in [1.165, 1.54) is 0 Å². The Labute approximate surface area is 127 Å². The number of rotatable bonds is 5. The maximum atomic E-state index is 12.3. The third-order valence-corrected chi connectivity index (χ3v) is 3.64. The molecule has 0 saturated heterocycles. The lowest BCUT2D eigenvalue weighted by Gasteiger charge is -2.23. The van der Waals surface area contributed by atoms with Gasteiger partial charge >= 0.3 is 0 Å². The zero-order valence-corrected chi connectivity index (χ0v) is 13.3. The molecule has 1 heterocycles. The molecular weight excluding hydrogens is 318 g/mol. The van der Waals surface area contributed by atoms with Gasteiger partial charge in [0.05, 0.1) is 11.1 Å². The second-order valence-corrected chi connectivity index (χ2v) is 6.31. The van der Waals surface area contributed by atoms with Gasteiger partial charge in [0.1, 0.15) is 5.52 Å². The highest BCUT2D eigenvalue weighted by Crippen LogP contribution is 2.20. The van der Waals surface area contributed by atoms with Crippen LogP contribution in [0.1, 0.15) is 30.6 Å². The SMILES string of the molecule is CC(C)(CCBr)CNC(=O)c1cccc2nccnc12. The Morgan fingerprint density at radius 2 is 2.05 bits per heavy atom. The van der Waals surface area contributed by atoms with Crippen molar-refractivity contribution >= 4 is 32.9 Å². The second-order valence-electron chi connectivity index (χ2n) is 5.52. The minimum Gasteiger partial charge on any atom is -0.351 e. The molecule has 0 aliphatic rings. The molecule has 0 fully saturated rings. The van der Waals surface area contributed by atoms with Crippen LogP contribution in [-0.4, -0.2) is 27.7 Å². The summed E-state index contributed by atoms with van der Waals surface area (Å²) in [5.41, 5.74) is 2.02. The lowest BCUT2D eigenvalue weighted by Crippen LogP contribution is -2.34. The van der Waals surface area contributed by atoms with Crippen LogP contribution in [0, 0.1) is 5.41 Å². The Bertz CT molecular complexity index is 608. The first-order valence-corrected chi connectivity index (χ1v) is 7.69. The average molecular weight is 336 g/mol. The first-order chi connectivity index (χ1) is 9.53. The number of hydrogen-bond acceptors (Lipinski definition) is 3. The van der Waals surface area contributed by atoms with E-state index in [4.69, 9.17) is 0 Å². The maximum Gasteiger partial charge on any atom is 0.253 e. The molecule has 1 aromatic carbocycles. The van der Waals surface area contributed by atoms with Crippen molar-refractivity contribution in [1.29, 1.82) is 0 Å². The van der Waals surface area contributed by atoms with Gasteiger partial charge in [-0.1, -0.05) is 35.8 Å². The number of benzene rings is 1. The first-order valence-electron chi connectivity index (χ1n) is 6.57. The van der Waals surface area contributed by atoms with Crippen LogP contribution in [0.25, 0.3) is 11.0 Å². The van der Waals surface area contributed by atoms with Crippen molar-refractivity contribution in [3.05, 3.63) is 36.2 Å². The van der Waals surface area contributed by atoms with E-state index in [9.17, 15) is 4.79 Å². The highest BCUT2D eigenvalue weighted by molar-refractivity contribution is 9.09. The number of halogens is 1. The van der Waals surface area contributed by atoms with E-state index in [2.05, 4.69) is 45.1 Å². The van der Waals surface area contributed by atoms with Crippen molar-refractivity contribution in [3.63, 3.8) is 0 Å². The molecular formula is C15H18BrN3O. The van der Waals surface area contributed by atoms with E-state index < -0.39 is 0 Å². The Morgan fingerprint density at radius 3 is 2.80 bits per heavy atom. The molecule has 106 valence electrons. The topological polar surface area (TPSA) is 54.9 Å². The highest BCUT2D eigenvalue weighted by Gasteiger charge is 2.19. The van der Waals surface area contributed by atoms with Crippen LogP contribution in [0.2, 0.25) is 0 Å². The summed E-state index contributed by atoms with van der Waals surface area (Å²) in [7, 11) is 0. The molecule has 1 N–H and O–H groups in total. The van der Waals surface area contributed by atoms with Gasteiger partial charge in [0.25, 0.3) is 5.91 Å². The summed E-state index contributed by atoms with van der Waals surface area (Å²) >= 11 is 3.44. The summed E-state index contributed by atoms with van der Waals surface area (Å²) in [5, 5.41) is 3.91. The van der Waals surface area contributed by atoms with E-state index >= 15 is 0 Å². The maximum absolute atomic E-state index is 12.3. The van der Waals surface area contributed by atoms with Crippen molar-refractivity contribution in [1.82, 2.24) is 15.3 Å². The van der Waals surface area contributed by atoms with Gasteiger partial charge in [-0.15, -0.1) is 0 Å². The number of para-hydroxylation sites is 1. The van der Waals surface area contributed by atoms with Crippen LogP contribution in [0.3, 0.4) is 0 Å². The molecule has 1 amide bonds. The molecule has 0 bridgehead atoms. The largest absolute Gasteiger partial charge is 0.351 e. The molecule has 2 rings (SSSR count). The molecule has 0 aliphatic carbocycles. The van der Waals surface area contributed by atoms with Gasteiger partial charge in [-0.05, 0) is 24.0 Å². The number of fused-ring (bicyclic) bond motifs is 1. The van der Waals surface area contributed by atoms with Crippen molar-refractivity contribution in [2.75, 3.05) is 11.9 Å². The number of hydrogen-bond donors (Lipinski definition) is 1. The molecule has 0 spiro atoms. The fraction of sp³-hybridized carbons (Fsp3) is 0.400. The molecule has 2 aromatic rings. The number of aromatic nitrogens is 2. The van der Waals surface area contributed by atoms with Gasteiger partial charge in [-0.2, -0.15) is 0 Å². The number of amides is 1. The van der Waals surface area contributed by atoms with E-state index in [1.54, 1.807) is 18.5 Å². The lowest BCUT2D eigenvalue weighted by molar-refractivity contribution is 0.0937. The van der Waals surface area contributed by atoms with Crippen molar-refractivity contribution in [2.24, 2.45) is 5.41 Å². The van der Waals surface area contributed by atoms with Gasteiger partial charge in [0.15, 0.2) is 0 Å². The third-order valence-electron chi connectivity index (χ3n) is 3.24. The molecule has 0 atom stereocenters. The first kappa shape index (κ1) is 14.9. The predicted octanol–water partition coefficient (Wildman–Crippen LogP) is 3.17. The fourth-order valence-electron chi connectivity index (χ4n) is 1.93. The van der Waals surface area contributed by atoms with Crippen LogP contribution in [0.15, 0.2) is 30.6 Å². The summed E-state index contributed by atoms with van der Waals surface area (Å²) in [4.78, 5) is 20.8. The van der Waals surface area contributed by atoms with Crippen LogP contribution < -0.4 is 5.32 Å². The van der Waals surface area contributed by atoms with Crippen LogP contribution in [-0.2, 0) is 0 Å². The van der Waals surface area contributed by atoms with Gasteiger partial charge in [0.2, 0.25) is 0 Å². The molecule has 4 nitrogen and oxygen atoms in total. The highest BCUT2D eigenvalue weighted by atomic mass is 79.9. The number of alkyl halides is 1. The second kappa shape index (κ2) is 6.31. The zero-order chi connectivity index (χ0) is 14.6. The fourth-order valence-corrected chi connectivity index (χ4v) is 3.01. The Morgan fingerprint density at radius 1 is 1.30 bits per heavy atom. The number of nitrogens with zero attached hydrogens (tertiary/aromatic N) is 2. The standard InChI is InChI=1S/C15H18BrN3O/c1-15(2,6-7-16)10-19-14(20)11-4-3-5-12-13(11)18-9-8-17-12/h3-5,8-9H,6-7,10H2,1-2H3,(H,19,20). The van der Waals surface area contributed by atoms with E-state index in [1.807, 2.05) is 12.1 Å². The van der Waals surface area contributed by atoms with Crippen LogP contribution in [0.5, 0.6) is 0 Å². The van der Waals surface area contributed by atoms with Crippen LogP contribution in [0.4, 0.5) is 0 Å². The van der Waals surface area contributed by atoms with E-state index in [0.717, 1.165) is 17.3 Å². The number of carbonyl (C=O) groups is 1. The van der Waals surface area contributed by atoms with Gasteiger partial charge < -0.3 is 5.32 Å². The smallest absolute Gasteiger partial charge is 0.253 e. The summed E-state index contributed by atoms with van der Waals surface area (Å²) in [6.45, 7) is 4.91. The minimum absolute atomic E-state index is 0.0649. The van der Waals surface area contributed by atoms with Crippen molar-refractivity contribution < 1.29 is 4.79 Å². The normalized spacial score (nSPS) is 11.6. The van der Waals surface area contributed by atoms with Crippen molar-refractivity contribution in [2.45, 2.75) is 20.3 Å². The minimum atomic E-state index is -0.0984. The zero-order valence-electron chi connectivity index (χ0n) is 11.7. The van der Waals surface area contributed by atoms with Crippen LogP contribution >= 0.6 is 15.9 Å². The molecule has 0 unspecified atom stereocenters.